The molecule has 0 N–H and O–H groups in total. The van der Waals surface area contributed by atoms with Crippen LogP contribution in [0.4, 0.5) is 21.0 Å². The molecule has 14 heteroatoms. The minimum atomic E-state index is -0.978. The molecule has 32 heavy (non-hydrogen) atoms. The summed E-state index contributed by atoms with van der Waals surface area (Å²) in [7, 11) is 2.84. The quantitative estimate of drug-likeness (QED) is 0.0957. The van der Waals surface area contributed by atoms with Crippen molar-refractivity contribution in [2.24, 2.45) is 0 Å². The number of nitrogens with zero attached hydrogens (tertiary/aromatic N) is 2. The smallest absolute Gasteiger partial charge is 0.481 e. The molecule has 170 valence electrons. The molecule has 0 aliphatic rings. The number of carbonyl (C=O) groups is 2. The van der Waals surface area contributed by atoms with Crippen molar-refractivity contribution in [3.8, 4) is 11.5 Å². The summed E-state index contributed by atoms with van der Waals surface area (Å²) >= 11 is 4.92. The zero-order valence-corrected chi connectivity index (χ0v) is 31.3. The van der Waals surface area contributed by atoms with Crippen LogP contribution in [0.3, 0.4) is 0 Å². The number of rotatable bonds is 4. The molecule has 11 nitrogen and oxygen atoms in total. The Labute approximate surface area is 178 Å². The number of non-ortho nitro benzene ring substituents is 2. The van der Waals surface area contributed by atoms with Gasteiger partial charge in [-0.1, -0.05) is 0 Å². The molecule has 0 aromatic heterocycles. The Hall–Kier alpha value is -5.73. The van der Waals surface area contributed by atoms with Gasteiger partial charge in [0.05, 0.1) is 9.85 Å². The number of ether oxygens (including phenoxy) is 3. The van der Waals surface area contributed by atoms with Crippen LogP contribution in [0.2, 0.25) is 0 Å². The molecule has 2 aromatic carbocycles. The Bertz CT molecular complexity index is 835. The number of benzene rings is 2. The van der Waals surface area contributed by atoms with Crippen molar-refractivity contribution in [1.29, 1.82) is 0 Å². The van der Waals surface area contributed by atoms with Gasteiger partial charge in [-0.25, -0.2) is 9.59 Å². The number of hydrogen-bond acceptors (Lipinski definition) is 9. The molecule has 0 bridgehead atoms. The molecule has 0 aliphatic heterocycles. The molecular weight excluding hydrogens is 960 g/mol. The fourth-order valence-electron chi connectivity index (χ4n) is 1.49. The van der Waals surface area contributed by atoms with Crippen molar-refractivity contribution in [2.75, 3.05) is 0 Å². The molecule has 0 atom stereocenters. The zero-order valence-electron chi connectivity index (χ0n) is 17.7. The van der Waals surface area contributed by atoms with Crippen molar-refractivity contribution >= 4 is 34.6 Å². The van der Waals surface area contributed by atoms with Gasteiger partial charge in [0, 0.05) is 35.9 Å². The standard InChI is InChI=1S/C8H6NO5.C7H4ClNO4.3CH3.2Db/c1-13-8(10)14-7-4-2-6(3-5-7)9(11)12;8-7(10)13-6-3-1-5(2-4-6)9(11)12;;;;;/h2-5H,1H2;1-4H;3*1H3;;/q-1;;3*-1;;. The number of halogens is 1. The van der Waals surface area contributed by atoms with E-state index in [1.54, 1.807) is 0 Å². The van der Waals surface area contributed by atoms with Crippen LogP contribution in [0.15, 0.2) is 48.5 Å². The van der Waals surface area contributed by atoms with Gasteiger partial charge >= 0.3 is 11.6 Å². The third-order valence-corrected chi connectivity index (χ3v) is 2.69. The van der Waals surface area contributed by atoms with Gasteiger partial charge in [-0.2, -0.15) is 7.11 Å². The number of carbonyl (C=O) groups excluding carboxylic acids is 2. The van der Waals surface area contributed by atoms with E-state index >= 15 is 0 Å². The van der Waals surface area contributed by atoms with Crippen molar-refractivity contribution in [1.82, 2.24) is 0 Å². The maximum Gasteiger partial charge on any atom is 0.481 e. The van der Waals surface area contributed by atoms with E-state index in [1.165, 1.54) is 48.5 Å². The first-order valence-corrected chi connectivity index (χ1v) is 7.10. The molecule has 0 fully saturated rings. The molecule has 0 unspecified atom stereocenters. The minimum absolute atomic E-state index is 0. The molecule has 0 spiro atoms. The van der Waals surface area contributed by atoms with Gasteiger partial charge in [0.25, 0.3) is 11.4 Å². The van der Waals surface area contributed by atoms with E-state index in [4.69, 9.17) is 11.6 Å². The second-order valence-corrected chi connectivity index (χ2v) is 4.65. The second kappa shape index (κ2) is 17.4. The molecule has 0 amide bonds. The molecule has 0 aliphatic carbocycles. The molecule has 2 rings (SSSR count). The first-order valence-electron chi connectivity index (χ1n) is 6.73. The van der Waals surface area contributed by atoms with E-state index in [0.717, 1.165) is 0 Å². The van der Waals surface area contributed by atoms with E-state index in [9.17, 15) is 29.8 Å². The maximum absolute atomic E-state index is 10.6. The van der Waals surface area contributed by atoms with Crippen LogP contribution in [0, 0.1) is 49.6 Å². The van der Waals surface area contributed by atoms with E-state index in [2.05, 4.69) is 21.3 Å². The van der Waals surface area contributed by atoms with Crippen LogP contribution in [0.1, 0.15) is 0 Å². The predicted molar refractivity (Wildman–Crippen MR) is 110 cm³/mol. The Morgan fingerprint density at radius 3 is 1.31 bits per heavy atom. The van der Waals surface area contributed by atoms with Crippen molar-refractivity contribution < 1.29 is 33.6 Å². The number of nitro benzene ring substituents is 2. The molecule has 2 aromatic rings. The largest absolute Gasteiger partial charge is 0.609 e. The monoisotopic (exact) mass is 978 g/mol. The van der Waals surface area contributed by atoms with Crippen LogP contribution >= 0.6 is 11.6 Å². The fraction of sp³-hybridized carbons (Fsp3) is 0. The Morgan fingerprint density at radius 1 is 0.750 bits per heavy atom. The number of nitro groups is 2. The molecule has 0 saturated heterocycles. The van der Waals surface area contributed by atoms with Crippen LogP contribution < -0.4 is 9.47 Å². The van der Waals surface area contributed by atoms with Gasteiger partial charge in [-0.05, 0) is 24.3 Å². The van der Waals surface area contributed by atoms with Crippen LogP contribution in [0.5, 0.6) is 11.5 Å². The second-order valence-electron chi connectivity index (χ2n) is 4.34. The molecular formula is C18H19ClDb2N2O9-4. The van der Waals surface area contributed by atoms with Crippen LogP contribution in [-0.4, -0.2) is 21.4 Å². The van der Waals surface area contributed by atoms with E-state index < -0.39 is 21.4 Å². The average molecular weight is 979 g/mol. The van der Waals surface area contributed by atoms with Crippen LogP contribution in [0.25, 0.3) is 0 Å². The predicted octanol–water partition coefficient (Wildman–Crippen LogP) is 5.59. The van der Waals surface area contributed by atoms with E-state index in [0.29, 0.717) is 0 Å². The summed E-state index contributed by atoms with van der Waals surface area (Å²) < 4.78 is 13.0. The Balaban J connectivity index is -0.000000132. The Morgan fingerprint density at radius 2 is 1.06 bits per heavy atom. The summed E-state index contributed by atoms with van der Waals surface area (Å²) in [6, 6.07) is 10.0. The number of hydrogen-bond donors (Lipinski definition) is 0. The van der Waals surface area contributed by atoms with Crippen molar-refractivity contribution in [3.05, 3.63) is 98.1 Å². The van der Waals surface area contributed by atoms with Gasteiger partial charge in [0.15, 0.2) is 0 Å². The first-order chi connectivity index (χ1) is 12.7. The van der Waals surface area contributed by atoms with Gasteiger partial charge < -0.3 is 36.5 Å². The summed E-state index contributed by atoms with van der Waals surface area (Å²) in [5.74, 6) is 0.329. The Kier molecular flexibility index (Phi) is 20.1. The maximum atomic E-state index is 10.6. The summed E-state index contributed by atoms with van der Waals surface area (Å²) in [5.41, 5.74) is -1.14. The van der Waals surface area contributed by atoms with Crippen molar-refractivity contribution in [3.63, 3.8) is 0 Å². The van der Waals surface area contributed by atoms with Crippen molar-refractivity contribution in [2.45, 2.75) is 0 Å². The van der Waals surface area contributed by atoms with Gasteiger partial charge in [0.2, 0.25) is 0 Å². The molecule has 0 saturated carbocycles. The topological polar surface area (TPSA) is 148 Å². The average Bonchev–Trinajstić information content (AvgIpc) is 2.62. The summed E-state index contributed by atoms with van der Waals surface area (Å²) in [6.07, 6.45) is -0.973. The normalized spacial score (nSPS) is 7.81. The fourth-order valence-corrected chi connectivity index (χ4v) is 1.58. The van der Waals surface area contributed by atoms with Crippen LogP contribution in [-0.2, 0) is 4.74 Å². The summed E-state index contributed by atoms with van der Waals surface area (Å²) in [5, 5.41) is 20.5. The first kappa shape index (κ1) is 37.1. The third kappa shape index (κ3) is 12.6. The zero-order chi connectivity index (χ0) is 20.4. The summed E-state index contributed by atoms with van der Waals surface area (Å²) in [6.45, 7) is 0. The van der Waals surface area contributed by atoms with Gasteiger partial charge in [-0.15, -0.1) is 0 Å². The molecule has 0 radical (unpaired) electrons. The van der Waals surface area contributed by atoms with Gasteiger partial charge in [0.1, 0.15) is 11.5 Å². The SMILES string of the molecule is O=C(Cl)Oc1ccc([N+](=O)[O-])cc1.[CH2-]OC(=O)Oc1ccc([N+](=O)[O-])cc1.[CH3-].[CH3-].[CH3-].[Db].[Db]. The summed E-state index contributed by atoms with van der Waals surface area (Å²) in [4.78, 5) is 40.2. The van der Waals surface area contributed by atoms with E-state index in [1.807, 2.05) is 0 Å². The third-order valence-electron chi connectivity index (χ3n) is 2.61. The van der Waals surface area contributed by atoms with E-state index in [-0.39, 0.29) is 45.2 Å². The molecule has 0 heterocycles. The minimum Gasteiger partial charge on any atom is -0.609 e. The van der Waals surface area contributed by atoms with Gasteiger partial charge in [-0.3, -0.25) is 20.2 Å².